The molecule has 1 heterocycles. The Morgan fingerprint density at radius 1 is 1.10 bits per heavy atom. The number of hydrogen-bond donors (Lipinski definition) is 1. The number of aryl methyl sites for hydroxylation is 1. The quantitative estimate of drug-likeness (QED) is 0.862. The third-order valence-electron chi connectivity index (χ3n) is 4.07. The fourth-order valence-electron chi connectivity index (χ4n) is 2.13. The number of rotatable bonds is 3. The molecule has 0 amide bonds. The predicted octanol–water partition coefficient (Wildman–Crippen LogP) is 1.67. The van der Waals surface area contributed by atoms with Crippen molar-refractivity contribution in [3.8, 4) is 0 Å². The molecule has 0 spiro atoms. The zero-order valence-electron chi connectivity index (χ0n) is 13.4. The van der Waals surface area contributed by atoms with Crippen molar-refractivity contribution >= 4 is 28.3 Å². The van der Waals surface area contributed by atoms with Crippen molar-refractivity contribution in [3.63, 3.8) is 0 Å². The number of benzene rings is 1. The zero-order valence-corrected chi connectivity index (χ0v) is 14.2. The maximum atomic E-state index is 11.3. The van der Waals surface area contributed by atoms with Crippen molar-refractivity contribution < 1.29 is 17.7 Å². The van der Waals surface area contributed by atoms with Crippen LogP contribution in [0.3, 0.4) is 0 Å². The number of hydrogen-bond acceptors (Lipinski definition) is 4. The highest BCUT2D eigenvalue weighted by Crippen LogP contribution is 2.36. The summed E-state index contributed by atoms with van der Waals surface area (Å²) >= 11 is 0. The van der Waals surface area contributed by atoms with Crippen LogP contribution in [0.25, 0.3) is 0 Å². The summed E-state index contributed by atoms with van der Waals surface area (Å²) in [5.74, 6) is 0. The molecule has 116 valence electrons. The number of anilines is 1. The van der Waals surface area contributed by atoms with E-state index in [1.165, 1.54) is 0 Å². The van der Waals surface area contributed by atoms with Crippen LogP contribution in [0.15, 0.2) is 18.2 Å². The smallest absolute Gasteiger partial charge is 0.399 e. The minimum Gasteiger partial charge on any atom is -0.399 e. The predicted molar refractivity (Wildman–Crippen MR) is 85.4 cm³/mol. The average molecular weight is 311 g/mol. The van der Waals surface area contributed by atoms with Gasteiger partial charge < -0.3 is 9.31 Å². The van der Waals surface area contributed by atoms with E-state index >= 15 is 0 Å². The van der Waals surface area contributed by atoms with Crippen molar-refractivity contribution in [2.75, 3.05) is 11.0 Å². The van der Waals surface area contributed by atoms with E-state index in [9.17, 15) is 8.42 Å². The minimum absolute atomic E-state index is 0.394. The van der Waals surface area contributed by atoms with E-state index in [2.05, 4.69) is 4.72 Å². The Labute approximate surface area is 127 Å². The largest absolute Gasteiger partial charge is 0.494 e. The fraction of sp³-hybridized carbons (Fsp3) is 0.571. The SMILES string of the molecule is Cc1cc(B2OC(C)(C)C(C)(C)O2)ccc1NS(C)(=O)=O. The molecule has 1 fully saturated rings. The van der Waals surface area contributed by atoms with Gasteiger partial charge in [-0.2, -0.15) is 0 Å². The van der Waals surface area contributed by atoms with Crippen molar-refractivity contribution in [3.05, 3.63) is 23.8 Å². The fourth-order valence-corrected chi connectivity index (χ4v) is 2.76. The van der Waals surface area contributed by atoms with Crippen LogP contribution in [0.2, 0.25) is 0 Å². The Morgan fingerprint density at radius 3 is 2.05 bits per heavy atom. The molecule has 5 nitrogen and oxygen atoms in total. The van der Waals surface area contributed by atoms with Crippen LogP contribution in [0.1, 0.15) is 33.3 Å². The third kappa shape index (κ3) is 3.41. The van der Waals surface area contributed by atoms with Gasteiger partial charge in [-0.3, -0.25) is 4.72 Å². The summed E-state index contributed by atoms with van der Waals surface area (Å²) in [5, 5.41) is 0. The first-order chi connectivity index (χ1) is 9.41. The maximum absolute atomic E-state index is 11.3. The van der Waals surface area contributed by atoms with Crippen LogP contribution in [0.5, 0.6) is 0 Å². The molecule has 0 saturated carbocycles. The van der Waals surface area contributed by atoms with Crippen molar-refractivity contribution in [2.45, 2.75) is 45.8 Å². The van der Waals surface area contributed by atoms with E-state index < -0.39 is 28.3 Å². The lowest BCUT2D eigenvalue weighted by Gasteiger charge is -2.32. The molecule has 2 rings (SSSR count). The molecule has 1 aromatic carbocycles. The lowest BCUT2D eigenvalue weighted by Crippen LogP contribution is -2.41. The van der Waals surface area contributed by atoms with Gasteiger partial charge in [0.1, 0.15) is 0 Å². The summed E-state index contributed by atoms with van der Waals surface area (Å²) < 4.78 is 37.1. The number of sulfonamides is 1. The second-order valence-electron chi connectivity index (χ2n) is 6.54. The molecule has 0 unspecified atom stereocenters. The van der Waals surface area contributed by atoms with Gasteiger partial charge in [-0.1, -0.05) is 12.1 Å². The van der Waals surface area contributed by atoms with E-state index in [-0.39, 0.29) is 0 Å². The molecular formula is C14H22BNO4S. The van der Waals surface area contributed by atoms with Crippen LogP contribution in [-0.2, 0) is 19.3 Å². The molecule has 1 aromatic rings. The lowest BCUT2D eigenvalue weighted by molar-refractivity contribution is 0.00578. The summed E-state index contributed by atoms with van der Waals surface area (Å²) in [5.41, 5.74) is 1.49. The average Bonchev–Trinajstić information content (AvgIpc) is 2.49. The molecule has 7 heteroatoms. The minimum atomic E-state index is -3.28. The Balaban J connectivity index is 2.26. The van der Waals surface area contributed by atoms with Crippen LogP contribution in [0, 0.1) is 6.92 Å². The molecule has 1 aliphatic rings. The van der Waals surface area contributed by atoms with Gasteiger partial charge in [0.15, 0.2) is 0 Å². The Morgan fingerprint density at radius 2 is 1.62 bits per heavy atom. The van der Waals surface area contributed by atoms with Gasteiger partial charge in [-0.05, 0) is 51.7 Å². The second kappa shape index (κ2) is 5.00. The van der Waals surface area contributed by atoms with Crippen LogP contribution in [0.4, 0.5) is 5.69 Å². The van der Waals surface area contributed by atoms with Gasteiger partial charge in [0.25, 0.3) is 0 Å². The molecule has 21 heavy (non-hydrogen) atoms. The summed E-state index contributed by atoms with van der Waals surface area (Å²) in [6, 6.07) is 5.44. The molecule has 0 aliphatic carbocycles. The van der Waals surface area contributed by atoms with Gasteiger partial charge in [0.05, 0.1) is 23.1 Å². The van der Waals surface area contributed by atoms with Crippen LogP contribution >= 0.6 is 0 Å². The molecular weight excluding hydrogens is 289 g/mol. The molecule has 0 atom stereocenters. The standard InChI is InChI=1S/C14H22BNO4S/c1-10-9-11(7-8-12(10)16-21(6,17)18)15-19-13(2,3)14(4,5)20-15/h7-9,16H,1-6H3. The monoisotopic (exact) mass is 311 g/mol. The molecule has 1 N–H and O–H groups in total. The van der Waals surface area contributed by atoms with Crippen molar-refractivity contribution in [2.24, 2.45) is 0 Å². The van der Waals surface area contributed by atoms with E-state index in [1.807, 2.05) is 46.8 Å². The topological polar surface area (TPSA) is 64.6 Å². The first-order valence-electron chi connectivity index (χ1n) is 6.85. The molecule has 0 bridgehead atoms. The van der Waals surface area contributed by atoms with Crippen molar-refractivity contribution in [1.29, 1.82) is 0 Å². The summed E-state index contributed by atoms with van der Waals surface area (Å²) in [6.07, 6.45) is 1.13. The second-order valence-corrected chi connectivity index (χ2v) is 8.29. The third-order valence-corrected chi connectivity index (χ3v) is 4.66. The van der Waals surface area contributed by atoms with Crippen LogP contribution < -0.4 is 10.2 Å². The van der Waals surface area contributed by atoms with Crippen LogP contribution in [-0.4, -0.2) is 33.0 Å². The molecule has 0 aromatic heterocycles. The van der Waals surface area contributed by atoms with Gasteiger partial charge in [0, 0.05) is 0 Å². The van der Waals surface area contributed by atoms with Gasteiger partial charge in [0.2, 0.25) is 10.0 Å². The van der Waals surface area contributed by atoms with E-state index in [1.54, 1.807) is 6.07 Å². The highest BCUT2D eigenvalue weighted by molar-refractivity contribution is 7.92. The highest BCUT2D eigenvalue weighted by atomic mass is 32.2. The first-order valence-corrected chi connectivity index (χ1v) is 8.74. The first kappa shape index (κ1) is 16.3. The number of nitrogens with one attached hydrogen (secondary N) is 1. The van der Waals surface area contributed by atoms with E-state index in [4.69, 9.17) is 9.31 Å². The summed E-state index contributed by atoms with van der Waals surface area (Å²) in [6.45, 7) is 9.85. The molecule has 1 saturated heterocycles. The lowest BCUT2D eigenvalue weighted by atomic mass is 9.78. The van der Waals surface area contributed by atoms with Gasteiger partial charge >= 0.3 is 7.12 Å². The van der Waals surface area contributed by atoms with Crippen molar-refractivity contribution in [1.82, 2.24) is 0 Å². The van der Waals surface area contributed by atoms with E-state index in [0.29, 0.717) is 5.69 Å². The van der Waals surface area contributed by atoms with E-state index in [0.717, 1.165) is 17.3 Å². The summed E-state index contributed by atoms with van der Waals surface area (Å²) in [7, 11) is -3.72. The zero-order chi connectivity index (χ0) is 16.1. The Hall–Kier alpha value is -1.05. The Kier molecular flexibility index (Phi) is 3.89. The normalized spacial score (nSPS) is 20.6. The molecule has 0 radical (unpaired) electrons. The summed E-state index contributed by atoms with van der Waals surface area (Å²) in [4.78, 5) is 0. The van der Waals surface area contributed by atoms with Gasteiger partial charge in [-0.25, -0.2) is 8.42 Å². The highest BCUT2D eigenvalue weighted by Gasteiger charge is 2.51. The Bertz CT molecular complexity index is 639. The van der Waals surface area contributed by atoms with Gasteiger partial charge in [-0.15, -0.1) is 0 Å². The maximum Gasteiger partial charge on any atom is 0.494 e. The molecule has 1 aliphatic heterocycles.